The van der Waals surface area contributed by atoms with E-state index in [-0.39, 0.29) is 5.54 Å². The van der Waals surface area contributed by atoms with E-state index in [1.807, 2.05) is 30.6 Å². The lowest BCUT2D eigenvalue weighted by atomic mass is 9.87. The first-order chi connectivity index (χ1) is 10.9. The molecule has 0 atom stereocenters. The zero-order valence-electron chi connectivity index (χ0n) is 12.9. The Bertz CT molecular complexity index is 631. The van der Waals surface area contributed by atoms with Crippen LogP contribution in [-0.4, -0.2) is 23.0 Å². The Morgan fingerprint density at radius 3 is 2.59 bits per heavy atom. The number of nitrogens with zero attached hydrogens (tertiary/aromatic N) is 2. The van der Waals surface area contributed by atoms with E-state index < -0.39 is 0 Å². The van der Waals surface area contributed by atoms with E-state index in [0.717, 1.165) is 5.75 Å². The molecule has 1 aromatic heterocycles. The van der Waals surface area contributed by atoms with Crippen molar-refractivity contribution in [3.63, 3.8) is 0 Å². The number of pyridine rings is 1. The lowest BCUT2D eigenvalue weighted by Gasteiger charge is -2.32. The fourth-order valence-corrected chi connectivity index (χ4v) is 4.07. The Balaban J connectivity index is 1.53. The van der Waals surface area contributed by atoms with Crippen molar-refractivity contribution >= 4 is 0 Å². The van der Waals surface area contributed by atoms with Crippen LogP contribution in [0.4, 0.5) is 0 Å². The van der Waals surface area contributed by atoms with Crippen LogP contribution in [0.25, 0.3) is 0 Å². The fourth-order valence-electron chi connectivity index (χ4n) is 4.07. The summed E-state index contributed by atoms with van der Waals surface area (Å²) in [7, 11) is 0. The molecule has 2 fully saturated rings. The van der Waals surface area contributed by atoms with Gasteiger partial charge in [-0.2, -0.15) is 0 Å². The molecule has 0 radical (unpaired) electrons. The Kier molecular flexibility index (Phi) is 3.59. The summed E-state index contributed by atoms with van der Waals surface area (Å²) < 4.78 is 5.96. The summed E-state index contributed by atoms with van der Waals surface area (Å²) >= 11 is 0. The van der Waals surface area contributed by atoms with Crippen LogP contribution in [0.15, 0.2) is 48.8 Å². The Morgan fingerprint density at radius 2 is 1.82 bits per heavy atom. The summed E-state index contributed by atoms with van der Waals surface area (Å²) in [6.07, 6.45) is 8.99. The van der Waals surface area contributed by atoms with E-state index in [2.05, 4.69) is 28.1 Å². The van der Waals surface area contributed by atoms with Crippen LogP contribution >= 0.6 is 0 Å². The van der Waals surface area contributed by atoms with Crippen molar-refractivity contribution in [1.82, 2.24) is 9.88 Å². The van der Waals surface area contributed by atoms with Crippen LogP contribution in [0.2, 0.25) is 0 Å². The average molecular weight is 294 g/mol. The molecule has 2 aliphatic rings. The molecule has 4 rings (SSSR count). The second-order valence-corrected chi connectivity index (χ2v) is 6.41. The van der Waals surface area contributed by atoms with Gasteiger partial charge in [0.2, 0.25) is 0 Å². The molecule has 0 N–H and O–H groups in total. The van der Waals surface area contributed by atoms with Gasteiger partial charge in [-0.1, -0.05) is 30.3 Å². The molecule has 2 aliphatic heterocycles. The number of fused-ring (bicyclic) bond motifs is 1. The zero-order valence-corrected chi connectivity index (χ0v) is 12.9. The predicted octanol–water partition coefficient (Wildman–Crippen LogP) is 3.75. The van der Waals surface area contributed by atoms with Crippen LogP contribution in [0, 0.1) is 0 Å². The zero-order chi connectivity index (χ0) is 14.8. The van der Waals surface area contributed by atoms with Crippen molar-refractivity contribution < 1.29 is 4.74 Å². The third-order valence-corrected chi connectivity index (χ3v) is 5.14. The van der Waals surface area contributed by atoms with Crippen molar-refractivity contribution in [3.8, 4) is 5.75 Å². The normalized spacial score (nSPS) is 20.0. The van der Waals surface area contributed by atoms with E-state index in [1.54, 1.807) is 0 Å². The van der Waals surface area contributed by atoms with Gasteiger partial charge >= 0.3 is 0 Å². The minimum absolute atomic E-state index is 0.235. The van der Waals surface area contributed by atoms with Crippen LogP contribution in [-0.2, 0) is 12.1 Å². The highest BCUT2D eigenvalue weighted by molar-refractivity contribution is 5.32. The Hall–Kier alpha value is -1.87. The SMILES string of the molecule is c1ccc(COc2cncc(C34CCCN3CCC4)c2)cc1. The van der Waals surface area contributed by atoms with Crippen molar-refractivity contribution in [1.29, 1.82) is 0 Å². The molecule has 0 amide bonds. The van der Waals surface area contributed by atoms with Crippen LogP contribution < -0.4 is 4.74 Å². The van der Waals surface area contributed by atoms with Gasteiger partial charge in [-0.25, -0.2) is 0 Å². The number of rotatable bonds is 4. The molecule has 0 bridgehead atoms. The number of aromatic nitrogens is 1. The number of ether oxygens (including phenoxy) is 1. The maximum absolute atomic E-state index is 5.96. The van der Waals surface area contributed by atoms with Crippen molar-refractivity contribution in [2.75, 3.05) is 13.1 Å². The minimum atomic E-state index is 0.235. The Labute approximate surface area is 131 Å². The first-order valence-corrected chi connectivity index (χ1v) is 8.24. The van der Waals surface area contributed by atoms with Crippen LogP contribution in [0.3, 0.4) is 0 Å². The average Bonchev–Trinajstić information content (AvgIpc) is 3.15. The highest BCUT2D eigenvalue weighted by Gasteiger charge is 2.45. The van der Waals surface area contributed by atoms with Crippen LogP contribution in [0.1, 0.15) is 36.8 Å². The molecule has 3 heterocycles. The number of benzene rings is 1. The van der Waals surface area contributed by atoms with E-state index in [1.165, 1.54) is 49.9 Å². The quantitative estimate of drug-likeness (QED) is 0.859. The number of hydrogen-bond donors (Lipinski definition) is 0. The largest absolute Gasteiger partial charge is 0.487 e. The van der Waals surface area contributed by atoms with Gasteiger partial charge in [0, 0.05) is 11.7 Å². The molecule has 0 spiro atoms. The second kappa shape index (κ2) is 5.73. The smallest absolute Gasteiger partial charge is 0.138 e. The van der Waals surface area contributed by atoms with E-state index in [0.29, 0.717) is 6.61 Å². The molecule has 3 nitrogen and oxygen atoms in total. The van der Waals surface area contributed by atoms with Gasteiger partial charge < -0.3 is 4.74 Å². The molecule has 3 heteroatoms. The minimum Gasteiger partial charge on any atom is -0.487 e. The third kappa shape index (κ3) is 2.40. The first-order valence-electron chi connectivity index (χ1n) is 8.24. The van der Waals surface area contributed by atoms with Gasteiger partial charge in [0.1, 0.15) is 12.4 Å². The predicted molar refractivity (Wildman–Crippen MR) is 86.7 cm³/mol. The molecule has 22 heavy (non-hydrogen) atoms. The maximum atomic E-state index is 5.96. The monoisotopic (exact) mass is 294 g/mol. The van der Waals surface area contributed by atoms with Crippen molar-refractivity contribution in [3.05, 3.63) is 59.9 Å². The van der Waals surface area contributed by atoms with Gasteiger partial charge in [0.05, 0.1) is 6.20 Å². The summed E-state index contributed by atoms with van der Waals surface area (Å²) in [5.41, 5.74) is 2.77. The summed E-state index contributed by atoms with van der Waals surface area (Å²) in [5.74, 6) is 0.884. The number of hydrogen-bond acceptors (Lipinski definition) is 3. The lowest BCUT2D eigenvalue weighted by molar-refractivity contribution is 0.196. The molecule has 2 aromatic rings. The molecule has 0 saturated carbocycles. The standard InChI is InChI=1S/C19H22N2O/c1-2-6-16(7-3-1)15-22-18-12-17(13-20-14-18)19-8-4-10-21(19)11-5-9-19/h1-3,6-7,12-14H,4-5,8-11,15H2. The fraction of sp³-hybridized carbons (Fsp3) is 0.421. The van der Waals surface area contributed by atoms with Gasteiger partial charge in [0.25, 0.3) is 0 Å². The summed E-state index contributed by atoms with van der Waals surface area (Å²) in [4.78, 5) is 7.09. The van der Waals surface area contributed by atoms with Gasteiger partial charge in [0.15, 0.2) is 0 Å². The molecular formula is C19H22N2O. The second-order valence-electron chi connectivity index (χ2n) is 6.41. The summed E-state index contributed by atoms with van der Waals surface area (Å²) in [6.45, 7) is 3.06. The summed E-state index contributed by atoms with van der Waals surface area (Å²) in [5, 5.41) is 0. The molecular weight excluding hydrogens is 272 g/mol. The van der Waals surface area contributed by atoms with Crippen molar-refractivity contribution in [2.24, 2.45) is 0 Å². The van der Waals surface area contributed by atoms with Crippen LogP contribution in [0.5, 0.6) is 5.75 Å². The van der Waals surface area contributed by atoms with E-state index in [9.17, 15) is 0 Å². The topological polar surface area (TPSA) is 25.4 Å². The van der Waals surface area contributed by atoms with Gasteiger partial charge in [-0.05, 0) is 56.0 Å². The van der Waals surface area contributed by atoms with Gasteiger partial charge in [-0.15, -0.1) is 0 Å². The molecule has 0 aliphatic carbocycles. The summed E-state index contributed by atoms with van der Waals surface area (Å²) in [6, 6.07) is 12.5. The highest BCUT2D eigenvalue weighted by Crippen LogP contribution is 2.47. The van der Waals surface area contributed by atoms with Gasteiger partial charge in [-0.3, -0.25) is 9.88 Å². The Morgan fingerprint density at radius 1 is 1.05 bits per heavy atom. The van der Waals surface area contributed by atoms with E-state index in [4.69, 9.17) is 4.74 Å². The lowest BCUT2D eigenvalue weighted by Crippen LogP contribution is -2.35. The van der Waals surface area contributed by atoms with Crippen molar-refractivity contribution in [2.45, 2.75) is 37.8 Å². The molecule has 114 valence electrons. The molecule has 0 unspecified atom stereocenters. The highest BCUT2D eigenvalue weighted by atomic mass is 16.5. The third-order valence-electron chi connectivity index (χ3n) is 5.14. The maximum Gasteiger partial charge on any atom is 0.138 e. The molecule has 1 aromatic carbocycles. The molecule has 2 saturated heterocycles. The van der Waals surface area contributed by atoms with E-state index >= 15 is 0 Å². The first kappa shape index (κ1) is 13.8.